The quantitative estimate of drug-likeness (QED) is 0.833. The minimum Gasteiger partial charge on any atom is -0.376 e. The Morgan fingerprint density at radius 1 is 1.12 bits per heavy atom. The van der Waals surface area contributed by atoms with Gasteiger partial charge in [-0.15, -0.1) is 0 Å². The lowest BCUT2D eigenvalue weighted by Gasteiger charge is -2.32. The Labute approximate surface area is 148 Å². The van der Waals surface area contributed by atoms with Gasteiger partial charge in [-0.1, -0.05) is 17.7 Å². The van der Waals surface area contributed by atoms with Crippen LogP contribution in [0.15, 0.2) is 24.3 Å². The molecule has 2 amide bonds. The van der Waals surface area contributed by atoms with Gasteiger partial charge in [0.2, 0.25) is 5.91 Å². The van der Waals surface area contributed by atoms with Crippen LogP contribution in [0.2, 0.25) is 0 Å². The maximum atomic E-state index is 13.0. The lowest BCUT2D eigenvalue weighted by atomic mass is 10.1. The Morgan fingerprint density at radius 3 is 2.48 bits per heavy atom. The summed E-state index contributed by atoms with van der Waals surface area (Å²) >= 11 is 0. The van der Waals surface area contributed by atoms with Gasteiger partial charge in [-0.25, -0.2) is 0 Å². The zero-order valence-corrected chi connectivity index (χ0v) is 14.8. The minimum atomic E-state index is -0.649. The topological polar surface area (TPSA) is 59.1 Å². The van der Waals surface area contributed by atoms with Gasteiger partial charge in [0.1, 0.15) is 6.54 Å². The number of piperidine rings is 1. The first-order valence-corrected chi connectivity index (χ1v) is 9.00. The predicted octanol–water partition coefficient (Wildman–Crippen LogP) is 1.76. The van der Waals surface area contributed by atoms with Crippen molar-refractivity contribution in [3.05, 3.63) is 29.8 Å². The maximum Gasteiger partial charge on any atom is 0.259 e. The van der Waals surface area contributed by atoms with Crippen LogP contribution in [-0.2, 0) is 19.1 Å². The summed E-state index contributed by atoms with van der Waals surface area (Å²) in [4.78, 5) is 29.0. The van der Waals surface area contributed by atoms with Gasteiger partial charge in [-0.2, -0.15) is 0 Å². The highest BCUT2D eigenvalue weighted by Gasteiger charge is 2.31. The molecule has 0 saturated carbocycles. The highest BCUT2D eigenvalue weighted by atomic mass is 16.6. The number of nitrogens with zero attached hydrogens (tertiary/aromatic N) is 2. The van der Waals surface area contributed by atoms with Gasteiger partial charge in [0.05, 0.1) is 19.8 Å². The van der Waals surface area contributed by atoms with Crippen molar-refractivity contribution in [1.29, 1.82) is 0 Å². The van der Waals surface area contributed by atoms with E-state index in [0.29, 0.717) is 13.2 Å². The summed E-state index contributed by atoms with van der Waals surface area (Å²) in [5.74, 6) is -0.223. The lowest BCUT2D eigenvalue weighted by Crippen LogP contribution is -2.50. The molecule has 0 unspecified atom stereocenters. The zero-order valence-electron chi connectivity index (χ0n) is 14.8. The van der Waals surface area contributed by atoms with Crippen LogP contribution in [0.1, 0.15) is 24.8 Å². The number of hydrogen-bond acceptors (Lipinski definition) is 4. The predicted molar refractivity (Wildman–Crippen MR) is 94.5 cm³/mol. The molecule has 0 N–H and O–H groups in total. The Balaban J connectivity index is 1.76. The van der Waals surface area contributed by atoms with Gasteiger partial charge in [0, 0.05) is 18.8 Å². The first kappa shape index (κ1) is 17.9. The number of likely N-dealkylation sites (tertiary alicyclic amines) is 1. The van der Waals surface area contributed by atoms with E-state index in [0.717, 1.165) is 43.6 Å². The van der Waals surface area contributed by atoms with Crippen LogP contribution in [0.4, 0.5) is 5.69 Å². The number of hydrogen-bond donors (Lipinski definition) is 0. The molecule has 0 bridgehead atoms. The van der Waals surface area contributed by atoms with E-state index >= 15 is 0 Å². The van der Waals surface area contributed by atoms with Gasteiger partial charge < -0.3 is 19.3 Å². The molecule has 136 valence electrons. The summed E-state index contributed by atoms with van der Waals surface area (Å²) in [6.45, 7) is 4.72. The van der Waals surface area contributed by atoms with Crippen molar-refractivity contribution in [3.8, 4) is 0 Å². The molecule has 2 saturated heterocycles. The second kappa shape index (κ2) is 8.45. The lowest BCUT2D eigenvalue weighted by molar-refractivity contribution is -0.146. The van der Waals surface area contributed by atoms with Gasteiger partial charge in [0.15, 0.2) is 6.10 Å². The molecule has 2 aliphatic heterocycles. The van der Waals surface area contributed by atoms with Crippen LogP contribution in [0.25, 0.3) is 0 Å². The van der Waals surface area contributed by atoms with E-state index in [1.54, 1.807) is 0 Å². The summed E-state index contributed by atoms with van der Waals surface area (Å²) in [6.07, 6.45) is 2.58. The molecule has 0 aliphatic carbocycles. The highest BCUT2D eigenvalue weighted by molar-refractivity contribution is 6.01. The van der Waals surface area contributed by atoms with Crippen molar-refractivity contribution in [2.45, 2.75) is 32.3 Å². The summed E-state index contributed by atoms with van der Waals surface area (Å²) < 4.78 is 10.9. The van der Waals surface area contributed by atoms with Crippen molar-refractivity contribution < 1.29 is 19.1 Å². The smallest absolute Gasteiger partial charge is 0.259 e. The first-order chi connectivity index (χ1) is 12.1. The fourth-order valence-electron chi connectivity index (χ4n) is 3.20. The molecule has 0 radical (unpaired) electrons. The van der Waals surface area contributed by atoms with Crippen LogP contribution in [-0.4, -0.2) is 62.3 Å². The van der Waals surface area contributed by atoms with Crippen LogP contribution >= 0.6 is 0 Å². The van der Waals surface area contributed by atoms with Crippen molar-refractivity contribution in [3.63, 3.8) is 0 Å². The molecular weight excluding hydrogens is 320 g/mol. The van der Waals surface area contributed by atoms with Crippen molar-refractivity contribution in [2.75, 3.05) is 44.4 Å². The largest absolute Gasteiger partial charge is 0.376 e. The van der Waals surface area contributed by atoms with Gasteiger partial charge in [0.25, 0.3) is 5.91 Å². The number of ether oxygens (including phenoxy) is 2. The third-order valence-electron chi connectivity index (χ3n) is 4.71. The number of carbonyl (C=O) groups is 2. The van der Waals surface area contributed by atoms with Crippen LogP contribution in [0, 0.1) is 6.92 Å². The minimum absolute atomic E-state index is 0.00893. The van der Waals surface area contributed by atoms with Gasteiger partial charge in [-0.3, -0.25) is 9.59 Å². The Morgan fingerprint density at radius 2 is 1.84 bits per heavy atom. The second-order valence-corrected chi connectivity index (χ2v) is 6.64. The maximum absolute atomic E-state index is 13.0. The molecule has 2 fully saturated rings. The zero-order chi connectivity index (χ0) is 17.6. The third kappa shape index (κ3) is 4.58. The van der Waals surface area contributed by atoms with Crippen LogP contribution < -0.4 is 4.90 Å². The average Bonchev–Trinajstić information content (AvgIpc) is 2.67. The second-order valence-electron chi connectivity index (χ2n) is 6.64. The Hall–Kier alpha value is -1.92. The van der Waals surface area contributed by atoms with Crippen molar-refractivity contribution in [1.82, 2.24) is 4.90 Å². The van der Waals surface area contributed by atoms with E-state index in [1.807, 2.05) is 36.1 Å². The highest BCUT2D eigenvalue weighted by Crippen LogP contribution is 2.19. The monoisotopic (exact) mass is 346 g/mol. The van der Waals surface area contributed by atoms with E-state index < -0.39 is 6.10 Å². The van der Waals surface area contributed by atoms with E-state index in [2.05, 4.69) is 0 Å². The molecule has 0 aromatic heterocycles. The number of anilines is 1. The number of rotatable bonds is 4. The molecule has 25 heavy (non-hydrogen) atoms. The normalized spacial score (nSPS) is 21.0. The number of aryl methyl sites for hydroxylation is 1. The summed E-state index contributed by atoms with van der Waals surface area (Å²) in [5.41, 5.74) is 1.82. The number of amides is 2. The fourth-order valence-corrected chi connectivity index (χ4v) is 3.20. The Bertz CT molecular complexity index is 590. The van der Waals surface area contributed by atoms with Crippen molar-refractivity contribution >= 4 is 17.5 Å². The molecule has 1 aromatic rings. The van der Waals surface area contributed by atoms with E-state index in [-0.39, 0.29) is 25.0 Å². The molecule has 0 spiro atoms. The summed E-state index contributed by atoms with van der Waals surface area (Å²) in [5, 5.41) is 0. The summed E-state index contributed by atoms with van der Waals surface area (Å²) in [6, 6.07) is 7.64. The summed E-state index contributed by atoms with van der Waals surface area (Å²) in [7, 11) is 0. The van der Waals surface area contributed by atoms with Gasteiger partial charge >= 0.3 is 0 Å². The van der Waals surface area contributed by atoms with Gasteiger partial charge in [-0.05, 0) is 38.3 Å². The number of benzene rings is 1. The van der Waals surface area contributed by atoms with Crippen LogP contribution in [0.3, 0.4) is 0 Å². The SMILES string of the molecule is Cc1ccc(N(CC(=O)N2CCCCC2)C(=O)[C@H]2COCCO2)cc1. The van der Waals surface area contributed by atoms with E-state index in [9.17, 15) is 9.59 Å². The van der Waals surface area contributed by atoms with Crippen molar-refractivity contribution in [2.24, 2.45) is 0 Å². The number of carbonyl (C=O) groups excluding carboxylic acids is 2. The average molecular weight is 346 g/mol. The van der Waals surface area contributed by atoms with E-state index in [4.69, 9.17) is 9.47 Å². The molecule has 1 atom stereocenters. The molecule has 3 rings (SSSR count). The third-order valence-corrected chi connectivity index (χ3v) is 4.71. The fraction of sp³-hybridized carbons (Fsp3) is 0.579. The van der Waals surface area contributed by atoms with E-state index in [1.165, 1.54) is 4.90 Å². The van der Waals surface area contributed by atoms with Crippen LogP contribution in [0.5, 0.6) is 0 Å². The molecule has 2 aliphatic rings. The molecule has 6 nitrogen and oxygen atoms in total. The standard InChI is InChI=1S/C19H26N2O4/c1-15-5-7-16(8-6-15)21(19(23)17-14-24-11-12-25-17)13-18(22)20-9-3-2-4-10-20/h5-8,17H,2-4,9-14H2,1H3/t17-/m1/s1. The molecular formula is C19H26N2O4. The molecule has 2 heterocycles. The molecule has 1 aromatic carbocycles. The Kier molecular flexibility index (Phi) is 6.04. The molecule has 6 heteroatoms. The first-order valence-electron chi connectivity index (χ1n) is 9.00.